The van der Waals surface area contributed by atoms with E-state index < -0.39 is 12.4 Å². The number of phenols is 1. The summed E-state index contributed by atoms with van der Waals surface area (Å²) in [6.45, 7) is 6.98. The lowest BCUT2D eigenvalue weighted by molar-refractivity contribution is -0.140. The molecule has 0 amide bonds. The summed E-state index contributed by atoms with van der Waals surface area (Å²) >= 11 is 0. The second-order valence-corrected chi connectivity index (χ2v) is 9.28. The average molecular weight is 445 g/mol. The van der Waals surface area contributed by atoms with Crippen LogP contribution in [0.3, 0.4) is 0 Å². The van der Waals surface area contributed by atoms with Crippen molar-refractivity contribution in [3.63, 3.8) is 0 Å². The Morgan fingerprint density at radius 1 is 1.22 bits per heavy atom. The quantitative estimate of drug-likeness (QED) is 0.431. The van der Waals surface area contributed by atoms with Gasteiger partial charge in [0.05, 0.1) is 12.7 Å². The Labute approximate surface area is 190 Å². The van der Waals surface area contributed by atoms with E-state index in [1.165, 1.54) is 13.3 Å². The zero-order valence-electron chi connectivity index (χ0n) is 19.6. The first-order valence-electron chi connectivity index (χ1n) is 11.5. The van der Waals surface area contributed by atoms with E-state index in [2.05, 4.69) is 6.08 Å². The molecule has 1 aromatic rings. The van der Waals surface area contributed by atoms with E-state index >= 15 is 0 Å². The molecule has 3 N–H and O–H groups in total. The average Bonchev–Trinajstić information content (AvgIpc) is 2.75. The van der Waals surface area contributed by atoms with Crippen LogP contribution in [0.4, 0.5) is 0 Å². The van der Waals surface area contributed by atoms with Crippen LogP contribution in [0, 0.1) is 12.8 Å². The molecular weight excluding hydrogens is 408 g/mol. The highest BCUT2D eigenvalue weighted by molar-refractivity contribution is 5.66. The van der Waals surface area contributed by atoms with Crippen molar-refractivity contribution < 1.29 is 29.6 Å². The molecule has 0 aromatic heterocycles. The van der Waals surface area contributed by atoms with E-state index in [9.17, 15) is 20.1 Å². The molecule has 1 saturated carbocycles. The molecule has 1 fully saturated rings. The number of phenolic OH excluding ortho intramolecular Hbond substituents is 1. The maximum Gasteiger partial charge on any atom is 0.302 e. The zero-order chi connectivity index (χ0) is 23.5. The Balaban J connectivity index is 2.07. The van der Waals surface area contributed by atoms with E-state index in [0.29, 0.717) is 11.1 Å². The molecule has 1 aromatic carbocycles. The van der Waals surface area contributed by atoms with Crippen LogP contribution in [-0.2, 0) is 26.3 Å². The number of benzene rings is 1. The standard InChI is InChI=1S/C26H36O6/c1-16-10-22(12-20(24(16)29)14-31-18(3)27)26(8-6-5-7-9-26)23-11-17(2)25(30)21(13-23)15-32-19(4)28/h10-13,16,19,24,28-30H,5-9,14-15H2,1-4H3/t16?,19-,24?/m1/s1. The van der Waals surface area contributed by atoms with E-state index in [1.54, 1.807) is 6.92 Å². The molecule has 3 rings (SSSR count). The van der Waals surface area contributed by atoms with E-state index in [0.717, 1.165) is 42.4 Å². The second-order valence-electron chi connectivity index (χ2n) is 9.28. The maximum absolute atomic E-state index is 11.4. The Bertz CT molecular complexity index is 892. The third kappa shape index (κ3) is 5.25. The summed E-state index contributed by atoms with van der Waals surface area (Å²) < 4.78 is 10.6. The Hall–Kier alpha value is -2.15. The number of aliphatic hydroxyl groups excluding tert-OH is 2. The van der Waals surface area contributed by atoms with Crippen LogP contribution in [0.1, 0.15) is 69.6 Å². The summed E-state index contributed by atoms with van der Waals surface area (Å²) in [6, 6.07) is 4.04. The molecular formula is C26H36O6. The van der Waals surface area contributed by atoms with Crippen LogP contribution in [0.25, 0.3) is 0 Å². The fraction of sp³-hybridized carbons (Fsp3) is 0.577. The van der Waals surface area contributed by atoms with E-state index in [4.69, 9.17) is 9.47 Å². The van der Waals surface area contributed by atoms with Gasteiger partial charge in [0, 0.05) is 23.8 Å². The fourth-order valence-corrected chi connectivity index (χ4v) is 5.00. The molecule has 6 heteroatoms. The van der Waals surface area contributed by atoms with E-state index in [-0.39, 0.29) is 36.3 Å². The van der Waals surface area contributed by atoms with Gasteiger partial charge in [-0.25, -0.2) is 0 Å². The number of aliphatic hydroxyl groups is 2. The highest BCUT2D eigenvalue weighted by Gasteiger charge is 2.40. The number of carbonyl (C=O) groups excluding carboxylic acids is 1. The summed E-state index contributed by atoms with van der Waals surface area (Å²) in [5.74, 6) is -0.283. The number of ether oxygens (including phenoxy) is 2. The summed E-state index contributed by atoms with van der Waals surface area (Å²) in [4.78, 5) is 11.4. The minimum atomic E-state index is -0.919. The van der Waals surface area contributed by atoms with Gasteiger partial charge in [0.15, 0.2) is 6.29 Å². The smallest absolute Gasteiger partial charge is 0.302 e. The topological polar surface area (TPSA) is 96.2 Å². The summed E-state index contributed by atoms with van der Waals surface area (Å²) in [7, 11) is 0. The van der Waals surface area contributed by atoms with Crippen LogP contribution in [0.5, 0.6) is 5.75 Å². The van der Waals surface area contributed by atoms with Gasteiger partial charge in [0.2, 0.25) is 0 Å². The summed E-state index contributed by atoms with van der Waals surface area (Å²) in [6.07, 6.45) is 7.80. The first-order valence-corrected chi connectivity index (χ1v) is 11.5. The lowest BCUT2D eigenvalue weighted by atomic mass is 9.62. The van der Waals surface area contributed by atoms with Crippen molar-refractivity contribution in [3.8, 4) is 5.75 Å². The van der Waals surface area contributed by atoms with Crippen molar-refractivity contribution in [2.75, 3.05) is 6.61 Å². The number of esters is 1. The molecule has 0 spiro atoms. The molecule has 2 aliphatic rings. The van der Waals surface area contributed by atoms with Gasteiger partial charge in [-0.15, -0.1) is 0 Å². The van der Waals surface area contributed by atoms with Crippen LogP contribution < -0.4 is 0 Å². The van der Waals surface area contributed by atoms with Crippen molar-refractivity contribution in [3.05, 3.63) is 52.1 Å². The predicted octanol–water partition coefficient (Wildman–Crippen LogP) is 4.18. The molecule has 0 heterocycles. The lowest BCUT2D eigenvalue weighted by Crippen LogP contribution is -2.35. The first-order chi connectivity index (χ1) is 15.1. The van der Waals surface area contributed by atoms with Gasteiger partial charge >= 0.3 is 5.97 Å². The number of hydrogen-bond acceptors (Lipinski definition) is 6. The largest absolute Gasteiger partial charge is 0.507 e. The second kappa shape index (κ2) is 10.2. The Kier molecular flexibility index (Phi) is 7.80. The molecule has 6 nitrogen and oxygen atoms in total. The number of rotatable bonds is 7. The van der Waals surface area contributed by atoms with Crippen LogP contribution in [0.2, 0.25) is 0 Å². The van der Waals surface area contributed by atoms with Crippen LogP contribution in [0.15, 0.2) is 35.4 Å². The van der Waals surface area contributed by atoms with Crippen molar-refractivity contribution in [1.82, 2.24) is 0 Å². The third-order valence-corrected chi connectivity index (χ3v) is 6.78. The maximum atomic E-state index is 11.4. The van der Waals surface area contributed by atoms with Gasteiger partial charge in [-0.05, 0) is 55.0 Å². The Morgan fingerprint density at radius 2 is 1.91 bits per heavy atom. The molecule has 2 aliphatic carbocycles. The molecule has 0 bridgehead atoms. The molecule has 3 atom stereocenters. The SMILES string of the molecule is CC(=O)OCC1=CC(C2(c3cc(C)c(O)c(CO[C@H](C)O)c3)CCCCC2)=CC(C)C1O. The van der Waals surface area contributed by atoms with Crippen LogP contribution in [-0.4, -0.2) is 40.3 Å². The van der Waals surface area contributed by atoms with Gasteiger partial charge in [0.25, 0.3) is 0 Å². The van der Waals surface area contributed by atoms with Crippen molar-refractivity contribution >= 4 is 5.97 Å². The number of hydrogen-bond donors (Lipinski definition) is 3. The van der Waals surface area contributed by atoms with Gasteiger partial charge in [-0.2, -0.15) is 0 Å². The van der Waals surface area contributed by atoms with Gasteiger partial charge in [-0.3, -0.25) is 4.79 Å². The predicted molar refractivity (Wildman–Crippen MR) is 122 cm³/mol. The first kappa shape index (κ1) is 24.5. The third-order valence-electron chi connectivity index (χ3n) is 6.78. The van der Waals surface area contributed by atoms with Crippen molar-refractivity contribution in [2.45, 2.75) is 84.2 Å². The van der Waals surface area contributed by atoms with Gasteiger partial charge in [0.1, 0.15) is 12.4 Å². The molecule has 0 radical (unpaired) electrons. The molecule has 2 unspecified atom stereocenters. The molecule has 0 aliphatic heterocycles. The number of allylic oxidation sites excluding steroid dienone is 2. The highest BCUT2D eigenvalue weighted by atomic mass is 16.6. The molecule has 176 valence electrons. The molecule has 0 saturated heterocycles. The normalized spacial score (nSPS) is 23.8. The zero-order valence-corrected chi connectivity index (χ0v) is 19.6. The number of aryl methyl sites for hydroxylation is 1. The van der Waals surface area contributed by atoms with E-state index in [1.807, 2.05) is 32.1 Å². The van der Waals surface area contributed by atoms with Gasteiger partial charge < -0.3 is 24.8 Å². The minimum Gasteiger partial charge on any atom is -0.507 e. The highest BCUT2D eigenvalue weighted by Crippen LogP contribution is 2.49. The lowest BCUT2D eigenvalue weighted by Gasteiger charge is -2.42. The number of carbonyl (C=O) groups is 1. The Morgan fingerprint density at radius 3 is 2.53 bits per heavy atom. The minimum absolute atomic E-state index is 0.0797. The summed E-state index contributed by atoms with van der Waals surface area (Å²) in [5, 5.41) is 30.8. The fourth-order valence-electron chi connectivity index (χ4n) is 5.00. The van der Waals surface area contributed by atoms with Crippen LogP contribution >= 0.6 is 0 Å². The van der Waals surface area contributed by atoms with Gasteiger partial charge in [-0.1, -0.05) is 44.4 Å². The molecule has 32 heavy (non-hydrogen) atoms. The van der Waals surface area contributed by atoms with Crippen molar-refractivity contribution in [1.29, 1.82) is 0 Å². The monoisotopic (exact) mass is 444 g/mol. The summed E-state index contributed by atoms with van der Waals surface area (Å²) in [5.41, 5.74) is 4.11. The number of aromatic hydroxyl groups is 1. The van der Waals surface area contributed by atoms with Crippen molar-refractivity contribution in [2.24, 2.45) is 5.92 Å².